The Labute approximate surface area is 283 Å². The number of nitrogens with zero attached hydrogens (tertiary/aromatic N) is 2. The minimum Gasteiger partial charge on any atom is -0.497 e. The van der Waals surface area contributed by atoms with E-state index in [1.807, 2.05) is 50.2 Å². The van der Waals surface area contributed by atoms with Crippen LogP contribution in [0.25, 0.3) is 0 Å². The molecule has 0 spiro atoms. The zero-order valence-electron chi connectivity index (χ0n) is 28.0. The Morgan fingerprint density at radius 1 is 0.771 bits per heavy atom. The lowest BCUT2D eigenvalue weighted by Crippen LogP contribution is -2.54. The maximum absolute atomic E-state index is 14.7. The second-order valence-electron chi connectivity index (χ2n) is 11.3. The predicted octanol–water partition coefficient (Wildman–Crippen LogP) is 5.46. The van der Waals surface area contributed by atoms with Gasteiger partial charge in [-0.3, -0.25) is 13.9 Å². The molecule has 2 atom stereocenters. The van der Waals surface area contributed by atoms with Crippen LogP contribution in [0.5, 0.6) is 17.2 Å². The zero-order chi connectivity index (χ0) is 34.7. The Bertz CT molecular complexity index is 1770. The van der Waals surface area contributed by atoms with Crippen molar-refractivity contribution in [3.63, 3.8) is 0 Å². The van der Waals surface area contributed by atoms with Crippen molar-refractivity contribution in [2.24, 2.45) is 0 Å². The molecule has 0 unspecified atom stereocenters. The van der Waals surface area contributed by atoms with Crippen molar-refractivity contribution in [3.8, 4) is 17.2 Å². The van der Waals surface area contributed by atoms with E-state index in [9.17, 15) is 18.0 Å². The molecule has 0 heterocycles. The van der Waals surface area contributed by atoms with Gasteiger partial charge >= 0.3 is 0 Å². The van der Waals surface area contributed by atoms with E-state index in [2.05, 4.69) is 5.32 Å². The second-order valence-corrected chi connectivity index (χ2v) is 13.1. The normalized spacial score (nSPS) is 12.4. The molecule has 0 aliphatic heterocycles. The number of benzene rings is 4. The van der Waals surface area contributed by atoms with Gasteiger partial charge in [0.15, 0.2) is 11.5 Å². The first-order valence-corrected chi connectivity index (χ1v) is 17.1. The first-order valence-electron chi connectivity index (χ1n) is 15.7. The number of ether oxygens (including phenoxy) is 3. The largest absolute Gasteiger partial charge is 0.497 e. The van der Waals surface area contributed by atoms with Gasteiger partial charge in [0.1, 0.15) is 18.3 Å². The average molecular weight is 674 g/mol. The number of hydrogen-bond acceptors (Lipinski definition) is 7. The third-order valence-electron chi connectivity index (χ3n) is 8.02. The van der Waals surface area contributed by atoms with E-state index in [0.29, 0.717) is 29.2 Å². The van der Waals surface area contributed by atoms with Crippen molar-refractivity contribution >= 4 is 27.5 Å². The van der Waals surface area contributed by atoms with Gasteiger partial charge in [-0.2, -0.15) is 0 Å². The molecule has 4 aromatic rings. The lowest BCUT2D eigenvalue weighted by Gasteiger charge is -2.34. The highest BCUT2D eigenvalue weighted by atomic mass is 32.2. The molecule has 48 heavy (non-hydrogen) atoms. The van der Waals surface area contributed by atoms with Crippen LogP contribution in [0.15, 0.2) is 108 Å². The highest BCUT2D eigenvalue weighted by molar-refractivity contribution is 7.92. The molecule has 10 nitrogen and oxygen atoms in total. The third-order valence-corrected chi connectivity index (χ3v) is 9.81. The number of sulfonamides is 1. The molecule has 0 saturated carbocycles. The summed E-state index contributed by atoms with van der Waals surface area (Å²) in [6, 6.07) is 28.1. The molecular formula is C37H43N3O7S. The molecule has 0 aromatic heterocycles. The molecule has 2 amide bonds. The van der Waals surface area contributed by atoms with Crippen LogP contribution >= 0.6 is 0 Å². The number of nitrogens with one attached hydrogen (secondary N) is 1. The number of anilines is 1. The van der Waals surface area contributed by atoms with Gasteiger partial charge in [0.25, 0.3) is 10.0 Å². The van der Waals surface area contributed by atoms with Gasteiger partial charge in [-0.15, -0.1) is 0 Å². The first kappa shape index (κ1) is 35.8. The monoisotopic (exact) mass is 673 g/mol. The van der Waals surface area contributed by atoms with Crippen molar-refractivity contribution in [1.82, 2.24) is 10.2 Å². The summed E-state index contributed by atoms with van der Waals surface area (Å²) in [4.78, 5) is 30.2. The Kier molecular flexibility index (Phi) is 12.5. The molecule has 4 rings (SSSR count). The van der Waals surface area contributed by atoms with E-state index in [1.54, 1.807) is 55.6 Å². The van der Waals surface area contributed by atoms with Gasteiger partial charge in [0.05, 0.1) is 31.9 Å². The third kappa shape index (κ3) is 8.86. The van der Waals surface area contributed by atoms with Gasteiger partial charge in [-0.25, -0.2) is 8.42 Å². The number of methoxy groups -OCH3 is 3. The fraction of sp³-hybridized carbons (Fsp3) is 0.297. The highest BCUT2D eigenvalue weighted by Crippen LogP contribution is 2.34. The highest BCUT2D eigenvalue weighted by Gasteiger charge is 2.35. The van der Waals surface area contributed by atoms with Crippen LogP contribution < -0.4 is 23.8 Å². The summed E-state index contributed by atoms with van der Waals surface area (Å²) < 4.78 is 45.8. The Hall–Kier alpha value is -5.03. The summed E-state index contributed by atoms with van der Waals surface area (Å²) in [6.07, 6.45) is 0.899. The minimum absolute atomic E-state index is 0.00211. The maximum atomic E-state index is 14.7. The molecule has 0 bridgehead atoms. The van der Waals surface area contributed by atoms with Gasteiger partial charge in [-0.1, -0.05) is 67.6 Å². The van der Waals surface area contributed by atoms with Crippen LogP contribution in [0, 0.1) is 0 Å². The van der Waals surface area contributed by atoms with Crippen LogP contribution in [0.1, 0.15) is 31.4 Å². The minimum atomic E-state index is -4.27. The van der Waals surface area contributed by atoms with E-state index in [0.717, 1.165) is 9.87 Å². The van der Waals surface area contributed by atoms with E-state index in [1.165, 1.54) is 37.3 Å². The zero-order valence-corrected chi connectivity index (χ0v) is 28.8. The standard InChI is InChI=1S/C37H43N3O7S/c1-6-27(2)38-37(42)33(23-28-14-9-7-10-15-28)39(25-29-16-13-17-31(22-29)45-3)36(41)26-40(48(43,44)32-18-11-8-12-19-32)30-20-21-34(46-4)35(24-30)47-5/h7-22,24,27,33H,6,23,25-26H2,1-5H3,(H,38,42)/t27-,33-/m1/s1. The number of rotatable bonds is 16. The number of carbonyl (C=O) groups is 2. The van der Waals surface area contributed by atoms with Gasteiger partial charge in [-0.05, 0) is 60.9 Å². The van der Waals surface area contributed by atoms with Crippen LogP contribution in [-0.4, -0.2) is 65.1 Å². The van der Waals surface area contributed by atoms with E-state index >= 15 is 0 Å². The van der Waals surface area contributed by atoms with E-state index in [4.69, 9.17) is 14.2 Å². The Morgan fingerprint density at radius 3 is 2.04 bits per heavy atom. The van der Waals surface area contributed by atoms with Crippen molar-refractivity contribution in [2.75, 3.05) is 32.2 Å². The first-order chi connectivity index (χ1) is 23.1. The molecule has 0 radical (unpaired) electrons. The lowest BCUT2D eigenvalue weighted by atomic mass is 10.0. The van der Waals surface area contributed by atoms with Crippen LogP contribution in [0.2, 0.25) is 0 Å². The summed E-state index contributed by atoms with van der Waals surface area (Å²) in [7, 11) is 0.208. The number of amides is 2. The fourth-order valence-electron chi connectivity index (χ4n) is 5.19. The maximum Gasteiger partial charge on any atom is 0.264 e. The molecule has 0 aliphatic rings. The summed E-state index contributed by atoms with van der Waals surface area (Å²) in [6.45, 7) is 3.29. The molecule has 254 valence electrons. The quantitative estimate of drug-likeness (QED) is 0.168. The molecule has 1 N–H and O–H groups in total. The molecule has 11 heteroatoms. The summed E-state index contributed by atoms with van der Waals surface area (Å²) in [5.41, 5.74) is 1.74. The topological polar surface area (TPSA) is 114 Å². The van der Waals surface area contributed by atoms with Crippen molar-refractivity contribution in [1.29, 1.82) is 0 Å². The van der Waals surface area contributed by atoms with Crippen LogP contribution in [-0.2, 0) is 32.6 Å². The van der Waals surface area contributed by atoms with Crippen LogP contribution in [0.4, 0.5) is 5.69 Å². The number of hydrogen-bond donors (Lipinski definition) is 1. The molecule has 4 aromatic carbocycles. The fourth-order valence-corrected chi connectivity index (χ4v) is 6.62. The van der Waals surface area contributed by atoms with Crippen LogP contribution in [0.3, 0.4) is 0 Å². The Balaban J connectivity index is 1.85. The van der Waals surface area contributed by atoms with Gasteiger partial charge < -0.3 is 24.4 Å². The summed E-state index contributed by atoms with van der Waals surface area (Å²) >= 11 is 0. The van der Waals surface area contributed by atoms with E-state index < -0.39 is 28.5 Å². The summed E-state index contributed by atoms with van der Waals surface area (Å²) in [5, 5.41) is 3.04. The van der Waals surface area contributed by atoms with Crippen molar-refractivity contribution < 1.29 is 32.2 Å². The summed E-state index contributed by atoms with van der Waals surface area (Å²) in [5.74, 6) is 0.357. The lowest BCUT2D eigenvalue weighted by molar-refractivity contribution is -0.140. The second kappa shape index (κ2) is 16.7. The number of carbonyl (C=O) groups excluding carboxylic acids is 2. The molecular weight excluding hydrogens is 630 g/mol. The SMILES string of the molecule is CC[C@@H](C)NC(=O)[C@@H](Cc1ccccc1)N(Cc1cccc(OC)c1)C(=O)CN(c1ccc(OC)c(OC)c1)S(=O)(=O)c1ccccc1. The van der Waals surface area contributed by atoms with E-state index in [-0.39, 0.29) is 35.5 Å². The van der Waals surface area contributed by atoms with Crippen molar-refractivity contribution in [2.45, 2.75) is 50.2 Å². The Morgan fingerprint density at radius 2 is 1.42 bits per heavy atom. The van der Waals surface area contributed by atoms with Gasteiger partial charge in [0, 0.05) is 25.1 Å². The van der Waals surface area contributed by atoms with Crippen molar-refractivity contribution in [3.05, 3.63) is 114 Å². The molecule has 0 fully saturated rings. The smallest absolute Gasteiger partial charge is 0.264 e. The average Bonchev–Trinajstić information content (AvgIpc) is 3.12. The van der Waals surface area contributed by atoms with Gasteiger partial charge in [0.2, 0.25) is 11.8 Å². The predicted molar refractivity (Wildman–Crippen MR) is 186 cm³/mol. The molecule has 0 aliphatic carbocycles. The molecule has 0 saturated heterocycles.